The van der Waals surface area contributed by atoms with Crippen LogP contribution in [0, 0.1) is 5.82 Å². The molecule has 7 nitrogen and oxygen atoms in total. The number of halogens is 1. The number of carbonyl (C=O) groups is 1. The van der Waals surface area contributed by atoms with E-state index >= 15 is 0 Å². The molecule has 0 aromatic heterocycles. The van der Waals surface area contributed by atoms with Crippen LogP contribution in [0.15, 0.2) is 47.4 Å². The molecule has 2 aromatic rings. The van der Waals surface area contributed by atoms with Crippen molar-refractivity contribution < 1.29 is 27.1 Å². The Bertz CT molecular complexity index is 900. The van der Waals surface area contributed by atoms with Crippen molar-refractivity contribution in [3.63, 3.8) is 0 Å². The van der Waals surface area contributed by atoms with Gasteiger partial charge in [0.2, 0.25) is 15.9 Å². The number of carbonyl (C=O) groups excluding carboxylic acids is 1. The standard InChI is InChI=1S/C18H21FN2O5S/c1-12(18(22)20-11-13-4-7-15(25-2)8-5-13)21-27(23,24)17-10-14(19)6-9-16(17)26-3/h4-10,12,21H,11H2,1-3H3,(H,20,22). The van der Waals surface area contributed by atoms with Crippen LogP contribution in [0.4, 0.5) is 4.39 Å². The van der Waals surface area contributed by atoms with Gasteiger partial charge in [0, 0.05) is 6.54 Å². The predicted octanol–water partition coefficient (Wildman–Crippen LogP) is 1.83. The van der Waals surface area contributed by atoms with Gasteiger partial charge in [0.1, 0.15) is 22.2 Å². The second-order valence-corrected chi connectivity index (χ2v) is 7.39. The smallest absolute Gasteiger partial charge is 0.245 e. The molecule has 0 saturated heterocycles. The first-order valence-corrected chi connectivity index (χ1v) is 9.51. The molecule has 0 aliphatic rings. The van der Waals surface area contributed by atoms with Gasteiger partial charge in [-0.25, -0.2) is 12.8 Å². The third-order valence-electron chi connectivity index (χ3n) is 3.77. The topological polar surface area (TPSA) is 93.7 Å². The summed E-state index contributed by atoms with van der Waals surface area (Å²) in [6, 6.07) is 9.14. The van der Waals surface area contributed by atoms with Crippen LogP contribution in [0.2, 0.25) is 0 Å². The maximum Gasteiger partial charge on any atom is 0.245 e. The second kappa shape index (κ2) is 8.83. The highest BCUT2D eigenvalue weighted by atomic mass is 32.2. The maximum absolute atomic E-state index is 13.4. The quantitative estimate of drug-likeness (QED) is 0.710. The largest absolute Gasteiger partial charge is 0.497 e. The number of amides is 1. The second-order valence-electron chi connectivity index (χ2n) is 5.70. The molecule has 27 heavy (non-hydrogen) atoms. The van der Waals surface area contributed by atoms with Crippen LogP contribution in [-0.4, -0.2) is 34.6 Å². The predicted molar refractivity (Wildman–Crippen MR) is 97.6 cm³/mol. The van der Waals surface area contributed by atoms with Crippen molar-refractivity contribution in [1.29, 1.82) is 0 Å². The first kappa shape index (κ1) is 20.7. The number of hydrogen-bond acceptors (Lipinski definition) is 5. The van der Waals surface area contributed by atoms with Gasteiger partial charge < -0.3 is 14.8 Å². The Labute approximate surface area is 157 Å². The first-order valence-electron chi connectivity index (χ1n) is 8.03. The van der Waals surface area contributed by atoms with E-state index < -0.39 is 27.8 Å². The Morgan fingerprint density at radius 3 is 2.37 bits per heavy atom. The number of methoxy groups -OCH3 is 2. The van der Waals surface area contributed by atoms with Crippen LogP contribution in [0.25, 0.3) is 0 Å². The number of benzene rings is 2. The molecule has 0 bridgehead atoms. The monoisotopic (exact) mass is 396 g/mol. The molecule has 2 rings (SSSR count). The van der Waals surface area contributed by atoms with Crippen molar-refractivity contribution in [2.24, 2.45) is 0 Å². The van der Waals surface area contributed by atoms with Gasteiger partial charge in [0.25, 0.3) is 0 Å². The van der Waals surface area contributed by atoms with Crippen molar-refractivity contribution in [3.05, 3.63) is 53.8 Å². The summed E-state index contributed by atoms with van der Waals surface area (Å²) in [4.78, 5) is 11.8. The number of nitrogens with one attached hydrogen (secondary N) is 2. The van der Waals surface area contributed by atoms with Gasteiger partial charge in [-0.2, -0.15) is 4.72 Å². The van der Waals surface area contributed by atoms with Gasteiger partial charge in [-0.05, 0) is 42.8 Å². The molecule has 1 amide bonds. The summed E-state index contributed by atoms with van der Waals surface area (Å²) in [5.74, 6) is -0.581. The van der Waals surface area contributed by atoms with Gasteiger partial charge >= 0.3 is 0 Å². The van der Waals surface area contributed by atoms with Crippen molar-refractivity contribution in [2.45, 2.75) is 24.4 Å². The van der Waals surface area contributed by atoms with Crippen molar-refractivity contribution in [3.8, 4) is 11.5 Å². The lowest BCUT2D eigenvalue weighted by Crippen LogP contribution is -2.44. The Morgan fingerprint density at radius 2 is 1.78 bits per heavy atom. The Balaban J connectivity index is 2.03. The van der Waals surface area contributed by atoms with E-state index in [0.717, 1.165) is 17.7 Å². The Hall–Kier alpha value is -2.65. The third-order valence-corrected chi connectivity index (χ3v) is 5.33. The van der Waals surface area contributed by atoms with Crippen LogP contribution in [0.3, 0.4) is 0 Å². The molecule has 2 aromatic carbocycles. The molecular formula is C18H21FN2O5S. The molecule has 0 spiro atoms. The summed E-state index contributed by atoms with van der Waals surface area (Å²) in [5, 5.41) is 2.64. The van der Waals surface area contributed by atoms with Crippen molar-refractivity contribution in [1.82, 2.24) is 10.0 Å². The Morgan fingerprint density at radius 1 is 1.11 bits per heavy atom. The lowest BCUT2D eigenvalue weighted by Gasteiger charge is -2.16. The van der Waals surface area contributed by atoms with E-state index in [0.29, 0.717) is 5.75 Å². The van der Waals surface area contributed by atoms with Gasteiger partial charge in [0.05, 0.1) is 20.3 Å². The zero-order chi connectivity index (χ0) is 20.0. The fraction of sp³-hybridized carbons (Fsp3) is 0.278. The fourth-order valence-electron chi connectivity index (χ4n) is 2.30. The average Bonchev–Trinajstić information content (AvgIpc) is 2.66. The summed E-state index contributed by atoms with van der Waals surface area (Å²) in [5.41, 5.74) is 0.825. The van der Waals surface area contributed by atoms with Crippen LogP contribution >= 0.6 is 0 Å². The lowest BCUT2D eigenvalue weighted by atomic mass is 10.2. The third kappa shape index (κ3) is 5.41. The zero-order valence-corrected chi connectivity index (χ0v) is 16.0. The molecule has 0 fully saturated rings. The van der Waals surface area contributed by atoms with Crippen LogP contribution < -0.4 is 19.5 Å². The lowest BCUT2D eigenvalue weighted by molar-refractivity contribution is -0.122. The summed E-state index contributed by atoms with van der Waals surface area (Å²) >= 11 is 0. The molecule has 0 saturated carbocycles. The SMILES string of the molecule is COc1ccc(CNC(=O)C(C)NS(=O)(=O)c2cc(F)ccc2OC)cc1. The van der Waals surface area contributed by atoms with E-state index in [9.17, 15) is 17.6 Å². The molecule has 2 N–H and O–H groups in total. The number of rotatable bonds is 8. The number of ether oxygens (including phenoxy) is 2. The van der Waals surface area contributed by atoms with E-state index in [2.05, 4.69) is 10.0 Å². The van der Waals surface area contributed by atoms with Gasteiger partial charge in [-0.1, -0.05) is 12.1 Å². The summed E-state index contributed by atoms with van der Waals surface area (Å²) in [6.45, 7) is 1.62. The minimum Gasteiger partial charge on any atom is -0.497 e. The average molecular weight is 396 g/mol. The minimum atomic E-state index is -4.15. The van der Waals surface area contributed by atoms with E-state index in [4.69, 9.17) is 9.47 Å². The summed E-state index contributed by atoms with van der Waals surface area (Å²) in [7, 11) is -1.33. The summed E-state index contributed by atoms with van der Waals surface area (Å²) < 4.78 is 50.6. The minimum absolute atomic E-state index is 0.0188. The number of hydrogen-bond donors (Lipinski definition) is 2. The molecule has 1 atom stereocenters. The molecule has 0 radical (unpaired) electrons. The molecular weight excluding hydrogens is 375 g/mol. The molecule has 1 unspecified atom stereocenters. The molecule has 0 aliphatic heterocycles. The van der Waals surface area contributed by atoms with Crippen LogP contribution in [0.1, 0.15) is 12.5 Å². The van der Waals surface area contributed by atoms with Gasteiger partial charge in [-0.15, -0.1) is 0 Å². The normalized spacial score (nSPS) is 12.3. The Kier molecular flexibility index (Phi) is 6.75. The van der Waals surface area contributed by atoms with E-state index in [1.807, 2.05) is 0 Å². The highest BCUT2D eigenvalue weighted by Gasteiger charge is 2.25. The van der Waals surface area contributed by atoms with Crippen LogP contribution in [-0.2, 0) is 21.4 Å². The first-order chi connectivity index (χ1) is 12.8. The van der Waals surface area contributed by atoms with Crippen molar-refractivity contribution >= 4 is 15.9 Å². The molecule has 0 heterocycles. The molecule has 0 aliphatic carbocycles. The summed E-state index contributed by atoms with van der Waals surface area (Å²) in [6.07, 6.45) is 0. The highest BCUT2D eigenvalue weighted by molar-refractivity contribution is 7.89. The van der Waals surface area contributed by atoms with E-state index in [1.165, 1.54) is 20.1 Å². The highest BCUT2D eigenvalue weighted by Crippen LogP contribution is 2.24. The van der Waals surface area contributed by atoms with Gasteiger partial charge in [0.15, 0.2) is 0 Å². The van der Waals surface area contributed by atoms with Crippen molar-refractivity contribution in [2.75, 3.05) is 14.2 Å². The number of sulfonamides is 1. The van der Waals surface area contributed by atoms with E-state index in [-0.39, 0.29) is 17.2 Å². The molecule has 9 heteroatoms. The molecule has 146 valence electrons. The van der Waals surface area contributed by atoms with Crippen LogP contribution in [0.5, 0.6) is 11.5 Å². The fourth-order valence-corrected chi connectivity index (χ4v) is 3.68. The zero-order valence-electron chi connectivity index (χ0n) is 15.2. The van der Waals surface area contributed by atoms with Gasteiger partial charge in [-0.3, -0.25) is 4.79 Å². The van der Waals surface area contributed by atoms with E-state index in [1.54, 1.807) is 31.4 Å². The maximum atomic E-state index is 13.4.